The van der Waals surface area contributed by atoms with Crippen molar-refractivity contribution in [2.75, 3.05) is 33.3 Å². The minimum absolute atomic E-state index is 0.143. The Bertz CT molecular complexity index is 521. The van der Waals surface area contributed by atoms with Crippen LogP contribution in [0.4, 0.5) is 0 Å². The van der Waals surface area contributed by atoms with Gasteiger partial charge >= 0.3 is 0 Å². The summed E-state index contributed by atoms with van der Waals surface area (Å²) in [6.45, 7) is 6.09. The van der Waals surface area contributed by atoms with Gasteiger partial charge < -0.3 is 9.64 Å². The van der Waals surface area contributed by atoms with Crippen molar-refractivity contribution in [3.63, 3.8) is 0 Å². The SMILES string of the molecule is COc1ccc(C(=O)N2CCN([C@@H]3CCCC[C@H]3C)CC2)cc1. The van der Waals surface area contributed by atoms with Crippen LogP contribution < -0.4 is 4.74 Å². The summed E-state index contributed by atoms with van der Waals surface area (Å²) >= 11 is 0. The van der Waals surface area contributed by atoms with Gasteiger partial charge in [-0.1, -0.05) is 19.8 Å². The fourth-order valence-corrected chi connectivity index (χ4v) is 4.01. The van der Waals surface area contributed by atoms with E-state index in [2.05, 4.69) is 11.8 Å². The predicted octanol–water partition coefficient (Wildman–Crippen LogP) is 3.03. The zero-order valence-electron chi connectivity index (χ0n) is 14.3. The number of hydrogen-bond acceptors (Lipinski definition) is 3. The molecule has 1 aliphatic heterocycles. The molecule has 23 heavy (non-hydrogen) atoms. The number of amides is 1. The van der Waals surface area contributed by atoms with Crippen molar-refractivity contribution in [3.05, 3.63) is 29.8 Å². The first-order valence-electron chi connectivity index (χ1n) is 8.86. The van der Waals surface area contributed by atoms with E-state index in [1.54, 1.807) is 7.11 Å². The monoisotopic (exact) mass is 316 g/mol. The van der Waals surface area contributed by atoms with E-state index in [1.165, 1.54) is 25.7 Å². The van der Waals surface area contributed by atoms with Gasteiger partial charge in [0.25, 0.3) is 5.91 Å². The summed E-state index contributed by atoms with van der Waals surface area (Å²) in [4.78, 5) is 17.2. The van der Waals surface area contributed by atoms with Gasteiger partial charge in [0.1, 0.15) is 5.75 Å². The second-order valence-electron chi connectivity index (χ2n) is 6.89. The quantitative estimate of drug-likeness (QED) is 0.859. The van der Waals surface area contributed by atoms with Crippen molar-refractivity contribution in [3.8, 4) is 5.75 Å². The Labute approximate surface area is 139 Å². The maximum absolute atomic E-state index is 12.6. The standard InChI is InChI=1S/C19H28N2O2/c1-15-5-3-4-6-18(15)20-11-13-21(14-12-20)19(22)16-7-9-17(23-2)10-8-16/h7-10,15,18H,3-6,11-14H2,1-2H3/t15-,18-/m1/s1. The number of rotatable bonds is 3. The number of methoxy groups -OCH3 is 1. The number of carbonyl (C=O) groups is 1. The van der Waals surface area contributed by atoms with Crippen LogP contribution in [0.1, 0.15) is 43.0 Å². The first-order valence-corrected chi connectivity index (χ1v) is 8.86. The fraction of sp³-hybridized carbons (Fsp3) is 0.632. The Kier molecular flexibility index (Phi) is 5.21. The van der Waals surface area contributed by atoms with Crippen LogP contribution in [0.2, 0.25) is 0 Å². The highest BCUT2D eigenvalue weighted by Crippen LogP contribution is 2.28. The van der Waals surface area contributed by atoms with E-state index >= 15 is 0 Å². The molecule has 0 bridgehead atoms. The van der Waals surface area contributed by atoms with Crippen molar-refractivity contribution in [1.82, 2.24) is 9.80 Å². The van der Waals surface area contributed by atoms with Crippen LogP contribution in [0.3, 0.4) is 0 Å². The minimum atomic E-state index is 0.143. The van der Waals surface area contributed by atoms with Gasteiger partial charge in [-0.15, -0.1) is 0 Å². The molecule has 0 aromatic heterocycles. The number of ether oxygens (including phenoxy) is 1. The molecule has 1 amide bonds. The van der Waals surface area contributed by atoms with Crippen molar-refractivity contribution in [1.29, 1.82) is 0 Å². The molecule has 2 atom stereocenters. The van der Waals surface area contributed by atoms with Gasteiger partial charge in [0.05, 0.1) is 7.11 Å². The normalized spacial score (nSPS) is 26.1. The van der Waals surface area contributed by atoms with Gasteiger partial charge in [-0.25, -0.2) is 0 Å². The lowest BCUT2D eigenvalue weighted by molar-refractivity contribution is 0.0423. The zero-order chi connectivity index (χ0) is 16.2. The van der Waals surface area contributed by atoms with E-state index in [0.29, 0.717) is 0 Å². The van der Waals surface area contributed by atoms with E-state index < -0.39 is 0 Å². The smallest absolute Gasteiger partial charge is 0.253 e. The highest BCUT2D eigenvalue weighted by molar-refractivity contribution is 5.94. The van der Waals surface area contributed by atoms with Crippen LogP contribution in [-0.2, 0) is 0 Å². The zero-order valence-corrected chi connectivity index (χ0v) is 14.3. The second kappa shape index (κ2) is 7.35. The lowest BCUT2D eigenvalue weighted by atomic mass is 9.84. The van der Waals surface area contributed by atoms with Crippen molar-refractivity contribution in [2.24, 2.45) is 5.92 Å². The van der Waals surface area contributed by atoms with E-state index in [9.17, 15) is 4.79 Å². The number of carbonyl (C=O) groups excluding carboxylic acids is 1. The molecule has 0 spiro atoms. The average Bonchev–Trinajstić information content (AvgIpc) is 2.62. The molecule has 4 heteroatoms. The van der Waals surface area contributed by atoms with Gasteiger partial charge in [-0.2, -0.15) is 0 Å². The largest absolute Gasteiger partial charge is 0.497 e. The van der Waals surface area contributed by atoms with E-state index in [-0.39, 0.29) is 5.91 Å². The van der Waals surface area contributed by atoms with E-state index in [0.717, 1.165) is 49.5 Å². The van der Waals surface area contributed by atoms with Gasteiger partial charge in [-0.05, 0) is 43.0 Å². The molecule has 0 unspecified atom stereocenters. The number of benzene rings is 1. The molecular weight excluding hydrogens is 288 g/mol. The van der Waals surface area contributed by atoms with E-state index in [4.69, 9.17) is 4.74 Å². The Morgan fingerprint density at radius 1 is 1.04 bits per heavy atom. The molecule has 1 saturated carbocycles. The van der Waals surface area contributed by atoms with Crippen LogP contribution in [0.25, 0.3) is 0 Å². The fourth-order valence-electron chi connectivity index (χ4n) is 4.01. The third-order valence-corrected chi connectivity index (χ3v) is 5.47. The molecule has 1 saturated heterocycles. The van der Waals surface area contributed by atoms with Crippen LogP contribution >= 0.6 is 0 Å². The average molecular weight is 316 g/mol. The summed E-state index contributed by atoms with van der Waals surface area (Å²) in [6.07, 6.45) is 5.43. The van der Waals surface area contributed by atoms with Crippen molar-refractivity contribution in [2.45, 2.75) is 38.6 Å². The Hall–Kier alpha value is -1.55. The molecule has 1 aromatic carbocycles. The third kappa shape index (κ3) is 3.69. The molecule has 3 rings (SSSR count). The van der Waals surface area contributed by atoms with Gasteiger partial charge in [0, 0.05) is 37.8 Å². The second-order valence-corrected chi connectivity index (χ2v) is 6.89. The molecule has 2 fully saturated rings. The van der Waals surface area contributed by atoms with Crippen LogP contribution in [-0.4, -0.2) is 55.0 Å². The number of piperazine rings is 1. The van der Waals surface area contributed by atoms with E-state index in [1.807, 2.05) is 29.2 Å². The molecular formula is C19H28N2O2. The Balaban J connectivity index is 1.56. The van der Waals surface area contributed by atoms with Crippen molar-refractivity contribution < 1.29 is 9.53 Å². The molecule has 1 aromatic rings. The summed E-state index contributed by atoms with van der Waals surface area (Å²) in [7, 11) is 1.64. The minimum Gasteiger partial charge on any atom is -0.497 e. The molecule has 1 heterocycles. The maximum atomic E-state index is 12.6. The maximum Gasteiger partial charge on any atom is 0.253 e. The summed E-state index contributed by atoms with van der Waals surface area (Å²) in [5.74, 6) is 1.73. The first-order chi connectivity index (χ1) is 11.2. The molecule has 1 aliphatic carbocycles. The lowest BCUT2D eigenvalue weighted by Gasteiger charge is -2.43. The van der Waals surface area contributed by atoms with Gasteiger partial charge in [0.15, 0.2) is 0 Å². The highest BCUT2D eigenvalue weighted by atomic mass is 16.5. The predicted molar refractivity (Wildman–Crippen MR) is 91.9 cm³/mol. The number of nitrogens with zero attached hydrogens (tertiary/aromatic N) is 2. The Morgan fingerprint density at radius 3 is 2.30 bits per heavy atom. The first kappa shape index (κ1) is 16.3. The number of hydrogen-bond donors (Lipinski definition) is 0. The Morgan fingerprint density at radius 2 is 1.70 bits per heavy atom. The molecule has 4 nitrogen and oxygen atoms in total. The van der Waals surface area contributed by atoms with Crippen molar-refractivity contribution >= 4 is 5.91 Å². The molecule has 0 N–H and O–H groups in total. The van der Waals surface area contributed by atoms with Gasteiger partial charge in [0.2, 0.25) is 0 Å². The summed E-state index contributed by atoms with van der Waals surface area (Å²) in [6, 6.07) is 8.15. The van der Waals surface area contributed by atoms with Gasteiger partial charge in [-0.3, -0.25) is 9.69 Å². The van der Waals surface area contributed by atoms with Crippen LogP contribution in [0.5, 0.6) is 5.75 Å². The third-order valence-electron chi connectivity index (χ3n) is 5.47. The lowest BCUT2D eigenvalue weighted by Crippen LogP contribution is -2.53. The topological polar surface area (TPSA) is 32.8 Å². The summed E-state index contributed by atoms with van der Waals surface area (Å²) < 4.78 is 5.15. The molecule has 126 valence electrons. The molecule has 2 aliphatic rings. The summed E-state index contributed by atoms with van der Waals surface area (Å²) in [5.41, 5.74) is 0.755. The highest BCUT2D eigenvalue weighted by Gasteiger charge is 2.30. The molecule has 0 radical (unpaired) electrons. The summed E-state index contributed by atoms with van der Waals surface area (Å²) in [5, 5.41) is 0. The van der Waals surface area contributed by atoms with Crippen LogP contribution in [0.15, 0.2) is 24.3 Å². The van der Waals surface area contributed by atoms with Crippen LogP contribution in [0, 0.1) is 5.92 Å².